The van der Waals surface area contributed by atoms with E-state index < -0.39 is 0 Å². The van der Waals surface area contributed by atoms with Gasteiger partial charge in [-0.2, -0.15) is 0 Å². The van der Waals surface area contributed by atoms with Crippen molar-refractivity contribution in [2.75, 3.05) is 4.43 Å². The molecule has 0 aliphatic carbocycles. The number of halogens is 2. The zero-order chi connectivity index (χ0) is 11.0. The third-order valence-corrected chi connectivity index (χ3v) is 4.55. The first kappa shape index (κ1) is 11.4. The first-order valence-electron chi connectivity index (χ1n) is 4.41. The topological polar surface area (TPSA) is 17.1 Å². The first-order chi connectivity index (χ1) is 7.13. The Bertz CT molecular complexity index is 533. The van der Waals surface area contributed by atoms with Crippen LogP contribution in [0.2, 0.25) is 5.02 Å². The molecule has 78 valence electrons. The van der Waals surface area contributed by atoms with Gasteiger partial charge >= 0.3 is 0 Å². The minimum Gasteiger partial charge on any atom is -0.292 e. The van der Waals surface area contributed by atoms with Gasteiger partial charge in [0.1, 0.15) is 0 Å². The Morgan fingerprint density at radius 1 is 1.53 bits per heavy atom. The molecule has 0 saturated heterocycles. The first-order valence-corrected chi connectivity index (χ1v) is 7.13. The van der Waals surface area contributed by atoms with Crippen LogP contribution in [0.4, 0.5) is 0 Å². The Morgan fingerprint density at radius 3 is 2.93 bits per heavy atom. The van der Waals surface area contributed by atoms with Crippen LogP contribution in [0.15, 0.2) is 18.2 Å². The van der Waals surface area contributed by atoms with Crippen molar-refractivity contribution in [3.8, 4) is 0 Å². The van der Waals surface area contributed by atoms with Gasteiger partial charge in [-0.25, -0.2) is 0 Å². The number of alkyl halides is 1. The molecular formula is C11H8ClIOS. The molecule has 1 aromatic heterocycles. The highest BCUT2D eigenvalue weighted by Gasteiger charge is 2.15. The lowest BCUT2D eigenvalue weighted by molar-refractivity contribution is 0.102. The molecule has 0 saturated carbocycles. The van der Waals surface area contributed by atoms with Crippen molar-refractivity contribution in [1.29, 1.82) is 0 Å². The average molecular weight is 351 g/mol. The van der Waals surface area contributed by atoms with Gasteiger partial charge in [-0.3, -0.25) is 4.79 Å². The van der Waals surface area contributed by atoms with Crippen molar-refractivity contribution in [1.82, 2.24) is 0 Å². The summed E-state index contributed by atoms with van der Waals surface area (Å²) in [7, 11) is 0. The molecule has 0 unspecified atom stereocenters. The van der Waals surface area contributed by atoms with Crippen LogP contribution in [-0.4, -0.2) is 10.2 Å². The van der Waals surface area contributed by atoms with Crippen LogP contribution < -0.4 is 0 Å². The zero-order valence-electron chi connectivity index (χ0n) is 8.01. The molecule has 0 aliphatic heterocycles. The van der Waals surface area contributed by atoms with Gasteiger partial charge in [-0.05, 0) is 18.6 Å². The molecule has 1 nitrogen and oxygen atoms in total. The van der Waals surface area contributed by atoms with Crippen molar-refractivity contribution in [2.45, 2.75) is 6.92 Å². The van der Waals surface area contributed by atoms with E-state index in [1.54, 1.807) is 0 Å². The fourth-order valence-corrected chi connectivity index (χ4v) is 3.62. The number of aryl methyl sites for hydroxylation is 1. The summed E-state index contributed by atoms with van der Waals surface area (Å²) < 4.78 is 1.57. The Morgan fingerprint density at radius 2 is 2.27 bits per heavy atom. The molecular weight excluding hydrogens is 343 g/mol. The lowest BCUT2D eigenvalue weighted by Gasteiger charge is -1.92. The van der Waals surface area contributed by atoms with Crippen LogP contribution in [0.25, 0.3) is 10.1 Å². The van der Waals surface area contributed by atoms with E-state index in [4.69, 9.17) is 11.6 Å². The third kappa shape index (κ3) is 2.05. The number of thiophene rings is 1. The fourth-order valence-electron chi connectivity index (χ4n) is 1.41. The van der Waals surface area contributed by atoms with Crippen LogP contribution in [-0.2, 0) is 0 Å². The minimum atomic E-state index is 0.111. The highest BCUT2D eigenvalue weighted by molar-refractivity contribution is 14.1. The highest BCUT2D eigenvalue weighted by Crippen LogP contribution is 2.36. The van der Waals surface area contributed by atoms with Crippen molar-refractivity contribution < 1.29 is 4.79 Å². The summed E-state index contributed by atoms with van der Waals surface area (Å²) in [6.07, 6.45) is 0. The number of Topliss-reactive ketones (excluding diaryl/α,β-unsaturated/α-hetero) is 1. The molecule has 4 heteroatoms. The van der Waals surface area contributed by atoms with Crippen molar-refractivity contribution in [3.05, 3.63) is 33.7 Å². The number of rotatable bonds is 2. The van der Waals surface area contributed by atoms with Gasteiger partial charge in [0.25, 0.3) is 0 Å². The molecule has 1 aromatic carbocycles. The van der Waals surface area contributed by atoms with E-state index in [-0.39, 0.29) is 5.78 Å². The smallest absolute Gasteiger partial charge is 0.184 e. The van der Waals surface area contributed by atoms with Gasteiger partial charge in [0.15, 0.2) is 5.78 Å². The quantitative estimate of drug-likeness (QED) is 0.443. The van der Waals surface area contributed by atoms with Gasteiger partial charge in [-0.1, -0.05) is 46.3 Å². The van der Waals surface area contributed by atoms with Crippen molar-refractivity contribution >= 4 is 61.4 Å². The van der Waals surface area contributed by atoms with Crippen LogP contribution in [0.1, 0.15) is 15.2 Å². The molecule has 2 rings (SSSR count). The highest BCUT2D eigenvalue weighted by atomic mass is 127. The maximum atomic E-state index is 11.6. The zero-order valence-corrected chi connectivity index (χ0v) is 11.7. The summed E-state index contributed by atoms with van der Waals surface area (Å²) in [6, 6.07) is 6.06. The second-order valence-corrected chi connectivity index (χ2v) is 5.49. The second kappa shape index (κ2) is 4.39. The average Bonchev–Trinajstić information content (AvgIpc) is 2.54. The van der Waals surface area contributed by atoms with Gasteiger partial charge in [0.05, 0.1) is 14.3 Å². The fraction of sp³-hybridized carbons (Fsp3) is 0.182. The molecule has 2 aromatic rings. The lowest BCUT2D eigenvalue weighted by Crippen LogP contribution is -1.96. The van der Waals surface area contributed by atoms with Crippen LogP contribution in [0, 0.1) is 6.92 Å². The van der Waals surface area contributed by atoms with Crippen LogP contribution in [0.5, 0.6) is 0 Å². The van der Waals surface area contributed by atoms with E-state index in [1.165, 1.54) is 16.9 Å². The molecule has 0 spiro atoms. The third-order valence-electron chi connectivity index (χ3n) is 2.16. The normalized spacial score (nSPS) is 10.9. The Balaban J connectivity index is 2.69. The summed E-state index contributed by atoms with van der Waals surface area (Å²) in [4.78, 5) is 12.3. The molecule has 0 N–H and O–H groups in total. The van der Waals surface area contributed by atoms with E-state index in [0.717, 1.165) is 10.1 Å². The molecule has 0 atom stereocenters. The number of carbonyl (C=O) groups excluding carboxylic acids is 1. The lowest BCUT2D eigenvalue weighted by atomic mass is 10.2. The number of fused-ring (bicyclic) bond motifs is 1. The standard InChI is InChI=1S/C11H8ClIOS/c1-6-2-3-7-9(4-6)15-11(10(7)12)8(14)5-13/h2-4H,5H2,1H3. The molecule has 0 aliphatic rings. The van der Waals surface area contributed by atoms with Gasteiger partial charge in [0.2, 0.25) is 0 Å². The summed E-state index contributed by atoms with van der Waals surface area (Å²) in [5.41, 5.74) is 1.19. The summed E-state index contributed by atoms with van der Waals surface area (Å²) in [5, 5.41) is 1.59. The Hall–Kier alpha value is -0.130. The molecule has 0 amide bonds. The maximum absolute atomic E-state index is 11.6. The molecule has 1 heterocycles. The molecule has 0 fully saturated rings. The van der Waals surface area contributed by atoms with Crippen molar-refractivity contribution in [3.63, 3.8) is 0 Å². The predicted molar refractivity (Wildman–Crippen MR) is 74.8 cm³/mol. The van der Waals surface area contributed by atoms with Gasteiger partial charge in [-0.15, -0.1) is 11.3 Å². The number of hydrogen-bond acceptors (Lipinski definition) is 2. The number of ketones is 1. The monoisotopic (exact) mass is 350 g/mol. The molecule has 15 heavy (non-hydrogen) atoms. The second-order valence-electron chi connectivity index (χ2n) is 3.30. The predicted octanol–water partition coefficient (Wildman–Crippen LogP) is 4.48. The van der Waals surface area contributed by atoms with Crippen LogP contribution in [0.3, 0.4) is 0 Å². The largest absolute Gasteiger partial charge is 0.292 e. The minimum absolute atomic E-state index is 0.111. The summed E-state index contributed by atoms with van der Waals surface area (Å²) >= 11 is 9.72. The van der Waals surface area contributed by atoms with E-state index in [1.807, 2.05) is 19.1 Å². The van der Waals surface area contributed by atoms with Gasteiger partial charge < -0.3 is 0 Å². The maximum Gasteiger partial charge on any atom is 0.184 e. The van der Waals surface area contributed by atoms with E-state index in [0.29, 0.717) is 14.3 Å². The molecule has 0 radical (unpaired) electrons. The summed E-state index contributed by atoms with van der Waals surface area (Å²) in [5.74, 6) is 0.111. The van der Waals surface area contributed by atoms with Crippen LogP contribution >= 0.6 is 45.5 Å². The van der Waals surface area contributed by atoms with E-state index in [9.17, 15) is 4.79 Å². The van der Waals surface area contributed by atoms with E-state index in [2.05, 4.69) is 28.7 Å². The summed E-state index contributed by atoms with van der Waals surface area (Å²) in [6.45, 7) is 2.03. The number of benzene rings is 1. The number of hydrogen-bond donors (Lipinski definition) is 0. The number of carbonyl (C=O) groups is 1. The Kier molecular flexibility index (Phi) is 3.33. The van der Waals surface area contributed by atoms with Gasteiger partial charge in [0, 0.05) is 10.1 Å². The molecule has 0 bridgehead atoms. The van der Waals surface area contributed by atoms with Crippen molar-refractivity contribution in [2.24, 2.45) is 0 Å². The SMILES string of the molecule is Cc1ccc2c(Cl)c(C(=O)CI)sc2c1. The van der Waals surface area contributed by atoms with E-state index >= 15 is 0 Å². The Labute approximate surface area is 111 Å².